The molecule has 47 heavy (non-hydrogen) atoms. The van der Waals surface area contributed by atoms with E-state index >= 15 is 0 Å². The molecule has 0 spiro atoms. The molecule has 3 heterocycles. The number of nitrogens with zero attached hydrogens (tertiary/aromatic N) is 1. The van der Waals surface area contributed by atoms with Crippen LogP contribution in [0.25, 0.3) is 0 Å². The Kier molecular flexibility index (Phi) is 13.8. The zero-order valence-electron chi connectivity index (χ0n) is 24.5. The van der Waals surface area contributed by atoms with E-state index in [2.05, 4.69) is 19.4 Å². The molecule has 0 aromatic rings. The summed E-state index contributed by atoms with van der Waals surface area (Å²) >= 11 is 0. The normalized spacial score (nSPS) is 39.9. The zero-order chi connectivity index (χ0) is 35.3. The number of carboxylic acid groups (broad SMARTS) is 1. The molecule has 0 saturated carbocycles. The molecule has 0 aliphatic carbocycles. The van der Waals surface area contributed by atoms with Crippen molar-refractivity contribution < 1.29 is 97.9 Å². The van der Waals surface area contributed by atoms with Gasteiger partial charge >= 0.3 is 26.8 Å². The summed E-state index contributed by atoms with van der Waals surface area (Å²) in [5.41, 5.74) is 0. The van der Waals surface area contributed by atoms with E-state index in [1.807, 2.05) is 0 Å². The van der Waals surface area contributed by atoms with Crippen LogP contribution in [0.3, 0.4) is 0 Å². The van der Waals surface area contributed by atoms with Crippen molar-refractivity contribution in [2.45, 2.75) is 86.6 Å². The highest BCUT2D eigenvalue weighted by molar-refractivity contribution is 7.81. The van der Waals surface area contributed by atoms with Crippen molar-refractivity contribution in [3.63, 3.8) is 0 Å². The van der Waals surface area contributed by atoms with Gasteiger partial charge in [-0.15, -0.1) is 6.42 Å². The second-order valence-corrected chi connectivity index (χ2v) is 12.5. The minimum absolute atomic E-state index is 0.260. The van der Waals surface area contributed by atoms with Gasteiger partial charge in [-0.3, -0.25) is 9.11 Å². The van der Waals surface area contributed by atoms with Crippen molar-refractivity contribution in [2.75, 3.05) is 26.9 Å². The molecule has 0 amide bonds. The van der Waals surface area contributed by atoms with Gasteiger partial charge in [0, 0.05) is 13.0 Å². The van der Waals surface area contributed by atoms with Crippen LogP contribution < -0.4 is 0 Å². The van der Waals surface area contributed by atoms with E-state index in [1.54, 1.807) is 0 Å². The number of terminal acetylenes is 1. The standard InChI is InChI=1S/C23H35NO21S2/c1-4-5-38-24-6-10-14(26)18(12(41-10)8-40-47(34,35)36)43-23-16(28)15(27)19(20(45-23)21(29)30)44-22-9(2)13(25)17(37-3)11(42-22)7-39-46(31,32)33/h1,6,9-20,22-23,25-28H,5,7-8H2,2-3H3,(H,29,30)(H,31,32,33)(H,34,35,36)/b24-6-/t9?,10-,11?,12+,13+,14+,15+,16?,17+,18?,19-,20?,22-,23+/m0/s1. The molecule has 270 valence electrons. The number of oxime groups is 1. The summed E-state index contributed by atoms with van der Waals surface area (Å²) in [5, 5.41) is 56.7. The second kappa shape index (κ2) is 16.5. The van der Waals surface area contributed by atoms with Crippen molar-refractivity contribution in [2.24, 2.45) is 11.1 Å². The average Bonchev–Trinajstić information content (AvgIpc) is 3.27. The van der Waals surface area contributed by atoms with Crippen LogP contribution in [-0.4, -0.2) is 170 Å². The van der Waals surface area contributed by atoms with Crippen molar-refractivity contribution in [3.05, 3.63) is 0 Å². The van der Waals surface area contributed by atoms with E-state index in [1.165, 1.54) is 6.92 Å². The summed E-state index contributed by atoms with van der Waals surface area (Å²) in [6.45, 7) is -0.714. The van der Waals surface area contributed by atoms with Crippen LogP contribution >= 0.6 is 0 Å². The maximum absolute atomic E-state index is 12.2. The topological polar surface area (TPSA) is 322 Å². The first-order valence-corrected chi connectivity index (χ1v) is 16.2. The van der Waals surface area contributed by atoms with E-state index in [9.17, 15) is 47.2 Å². The Morgan fingerprint density at radius 1 is 0.851 bits per heavy atom. The fraction of sp³-hybridized carbons (Fsp3) is 0.826. The van der Waals surface area contributed by atoms with Gasteiger partial charge in [-0.25, -0.2) is 13.2 Å². The predicted octanol–water partition coefficient (Wildman–Crippen LogP) is -4.57. The number of aliphatic hydroxyl groups excluding tert-OH is 4. The van der Waals surface area contributed by atoms with Crippen molar-refractivity contribution in [1.82, 2.24) is 0 Å². The van der Waals surface area contributed by atoms with Gasteiger partial charge in [0.2, 0.25) is 0 Å². The number of hydrogen-bond donors (Lipinski definition) is 7. The number of carbonyl (C=O) groups is 1. The van der Waals surface area contributed by atoms with Crippen LogP contribution in [0.4, 0.5) is 0 Å². The van der Waals surface area contributed by atoms with Crippen LogP contribution in [0.15, 0.2) is 5.16 Å². The van der Waals surface area contributed by atoms with Gasteiger partial charge in [0.15, 0.2) is 25.3 Å². The van der Waals surface area contributed by atoms with Crippen LogP contribution in [-0.2, 0) is 67.2 Å². The van der Waals surface area contributed by atoms with Crippen LogP contribution in [0.1, 0.15) is 6.92 Å². The quantitative estimate of drug-likeness (QED) is 0.0275. The number of aliphatic carboxylic acids is 1. The van der Waals surface area contributed by atoms with E-state index in [0.29, 0.717) is 0 Å². The predicted molar refractivity (Wildman–Crippen MR) is 146 cm³/mol. The molecule has 22 nitrogen and oxygen atoms in total. The van der Waals surface area contributed by atoms with E-state index < -0.39 is 126 Å². The summed E-state index contributed by atoms with van der Waals surface area (Å²) in [6.07, 6.45) is -16.5. The summed E-state index contributed by atoms with van der Waals surface area (Å²) < 4.78 is 104. The van der Waals surface area contributed by atoms with Gasteiger partial charge in [0.05, 0.1) is 25.5 Å². The summed E-state index contributed by atoms with van der Waals surface area (Å²) in [7, 11) is -8.81. The Morgan fingerprint density at radius 2 is 1.43 bits per heavy atom. The van der Waals surface area contributed by atoms with Gasteiger partial charge in [-0.1, -0.05) is 18.0 Å². The number of methoxy groups -OCH3 is 1. The number of carboxylic acids is 1. The third-order valence-corrected chi connectivity index (χ3v) is 8.05. The molecule has 0 radical (unpaired) electrons. The van der Waals surface area contributed by atoms with Crippen LogP contribution in [0.5, 0.6) is 0 Å². The Bertz CT molecular complexity index is 1340. The maximum atomic E-state index is 12.2. The molecular weight excluding hydrogens is 690 g/mol. The molecular formula is C23H35NO21S2. The monoisotopic (exact) mass is 725 g/mol. The third-order valence-electron chi connectivity index (χ3n) is 7.19. The minimum Gasteiger partial charge on any atom is -0.479 e. The highest BCUT2D eigenvalue weighted by atomic mass is 32.3. The van der Waals surface area contributed by atoms with Gasteiger partial charge in [0.25, 0.3) is 0 Å². The van der Waals surface area contributed by atoms with Crippen molar-refractivity contribution >= 4 is 33.0 Å². The van der Waals surface area contributed by atoms with E-state index in [-0.39, 0.29) is 6.61 Å². The fourth-order valence-electron chi connectivity index (χ4n) is 4.92. The Morgan fingerprint density at radius 3 is 1.96 bits per heavy atom. The number of rotatable bonds is 15. The Hall–Kier alpha value is -2.16. The molecule has 3 rings (SSSR count). The van der Waals surface area contributed by atoms with Crippen molar-refractivity contribution in [1.29, 1.82) is 0 Å². The molecule has 0 bridgehead atoms. The number of hydrogen-bond acceptors (Lipinski definition) is 19. The van der Waals surface area contributed by atoms with Gasteiger partial charge in [-0.2, -0.15) is 16.8 Å². The van der Waals surface area contributed by atoms with E-state index in [4.69, 9.17) is 48.8 Å². The first kappa shape index (κ1) is 39.3. The second-order valence-electron chi connectivity index (χ2n) is 10.3. The van der Waals surface area contributed by atoms with Gasteiger partial charge in [0.1, 0.15) is 54.9 Å². The Labute approximate surface area is 267 Å². The molecule has 0 aromatic carbocycles. The minimum atomic E-state index is -5.02. The summed E-state index contributed by atoms with van der Waals surface area (Å²) in [6, 6.07) is 0. The molecule has 7 N–H and O–H groups in total. The first-order chi connectivity index (χ1) is 21.9. The van der Waals surface area contributed by atoms with Gasteiger partial charge in [-0.05, 0) is 0 Å². The fourth-order valence-corrected chi connectivity index (χ4v) is 5.53. The molecule has 14 atom stereocenters. The molecule has 3 fully saturated rings. The van der Waals surface area contributed by atoms with Crippen LogP contribution in [0, 0.1) is 18.3 Å². The maximum Gasteiger partial charge on any atom is 0.397 e. The molecule has 3 aliphatic heterocycles. The van der Waals surface area contributed by atoms with E-state index in [0.717, 1.165) is 13.3 Å². The lowest BCUT2D eigenvalue weighted by atomic mass is 9.91. The lowest BCUT2D eigenvalue weighted by Crippen LogP contribution is -2.65. The molecule has 24 heteroatoms. The van der Waals surface area contributed by atoms with Crippen molar-refractivity contribution in [3.8, 4) is 12.3 Å². The smallest absolute Gasteiger partial charge is 0.397 e. The lowest BCUT2D eigenvalue weighted by molar-refractivity contribution is -0.353. The summed E-state index contributed by atoms with van der Waals surface area (Å²) in [4.78, 5) is 16.9. The highest BCUT2D eigenvalue weighted by Crippen LogP contribution is 2.35. The molecule has 5 unspecified atom stereocenters. The zero-order valence-corrected chi connectivity index (χ0v) is 26.1. The molecule has 3 aliphatic rings. The number of ether oxygens (including phenoxy) is 6. The lowest BCUT2D eigenvalue weighted by Gasteiger charge is -2.46. The van der Waals surface area contributed by atoms with Crippen LogP contribution in [0.2, 0.25) is 0 Å². The van der Waals surface area contributed by atoms with Gasteiger partial charge < -0.3 is 58.8 Å². The third kappa shape index (κ3) is 10.4. The highest BCUT2D eigenvalue weighted by Gasteiger charge is 2.55. The first-order valence-electron chi connectivity index (χ1n) is 13.5. The molecule has 0 aromatic heterocycles. The Balaban J connectivity index is 1.80. The summed E-state index contributed by atoms with van der Waals surface area (Å²) in [5.74, 6) is -0.675. The number of aliphatic hydroxyl groups is 4. The average molecular weight is 726 g/mol. The largest absolute Gasteiger partial charge is 0.479 e. The molecule has 3 saturated heterocycles. The SMILES string of the molecule is C#CCO/N=C\[C@@H]1O[C@H](COS(=O)(=O)O)C(O[C@@H]2OC(C(=O)O)[C@@H](O[C@@H]3OC(COS(=O)(=O)O)[C@@H](OC)[C@H](O)C3C)[C@H](O)C2O)[C@@H]1O.